The summed E-state index contributed by atoms with van der Waals surface area (Å²) >= 11 is 0. The van der Waals surface area contributed by atoms with E-state index in [-0.39, 0.29) is 13.2 Å². The average Bonchev–Trinajstić information content (AvgIpc) is 2.80. The van der Waals surface area contributed by atoms with Crippen LogP contribution in [0.2, 0.25) is 0 Å². The van der Waals surface area contributed by atoms with E-state index in [2.05, 4.69) is 13.8 Å². The molecule has 0 aliphatic rings. The minimum absolute atomic E-state index is 0.155. The Morgan fingerprint density at radius 1 is 0.441 bits per heavy atom. The average molecular weight is 489 g/mol. The van der Waals surface area contributed by atoms with Crippen LogP contribution in [-0.4, -0.2) is 48.6 Å². The molecule has 0 bridgehead atoms. The minimum Gasteiger partial charge on any atom is -0.480 e. The Balaban J connectivity index is 0. The summed E-state index contributed by atoms with van der Waals surface area (Å²) in [5.41, 5.74) is 0. The third-order valence-corrected chi connectivity index (χ3v) is 5.74. The molecule has 0 heterocycles. The van der Waals surface area contributed by atoms with Gasteiger partial charge in [-0.3, -0.25) is 0 Å². The summed E-state index contributed by atoms with van der Waals surface area (Å²) in [6.45, 7) is 5.35. The number of ether oxygens (including phenoxy) is 2. The largest absolute Gasteiger partial charge is 0.480 e. The van der Waals surface area contributed by atoms with Gasteiger partial charge in [0.1, 0.15) is 13.2 Å². The molecule has 0 saturated heterocycles. The van der Waals surface area contributed by atoms with Gasteiger partial charge in [-0.15, -0.1) is 0 Å². The molecule has 0 amide bonds. The van der Waals surface area contributed by atoms with Crippen LogP contribution >= 0.6 is 0 Å². The zero-order valence-corrected chi connectivity index (χ0v) is 22.5. The molecule has 0 atom stereocenters. The van der Waals surface area contributed by atoms with Crippen LogP contribution < -0.4 is 0 Å². The second-order valence-corrected chi connectivity index (χ2v) is 9.26. The zero-order valence-electron chi connectivity index (χ0n) is 22.5. The molecule has 0 aliphatic carbocycles. The summed E-state index contributed by atoms with van der Waals surface area (Å²) in [6, 6.07) is 0. The number of rotatable bonds is 26. The maximum absolute atomic E-state index is 10.2. The highest BCUT2D eigenvalue weighted by Crippen LogP contribution is 2.11. The van der Waals surface area contributed by atoms with Crippen molar-refractivity contribution < 1.29 is 29.3 Å². The molecule has 0 unspecified atom stereocenters. The van der Waals surface area contributed by atoms with E-state index in [1.54, 1.807) is 0 Å². The van der Waals surface area contributed by atoms with Crippen LogP contribution in [-0.2, 0) is 19.1 Å². The van der Waals surface area contributed by atoms with Crippen molar-refractivity contribution in [3.63, 3.8) is 0 Å². The van der Waals surface area contributed by atoms with Gasteiger partial charge in [0.05, 0.1) is 0 Å². The summed E-state index contributed by atoms with van der Waals surface area (Å²) in [4.78, 5) is 20.3. The first kappa shape index (κ1) is 35.0. The third kappa shape index (κ3) is 38.1. The molecular formula is C28H56O6. The van der Waals surface area contributed by atoms with Crippen molar-refractivity contribution in [3.05, 3.63) is 0 Å². The van der Waals surface area contributed by atoms with Gasteiger partial charge in [-0.05, 0) is 12.8 Å². The quantitative estimate of drug-likeness (QED) is 0.120. The lowest BCUT2D eigenvalue weighted by Gasteiger charge is -2.02. The number of aliphatic carboxylic acids is 2. The molecule has 0 aromatic heterocycles. The van der Waals surface area contributed by atoms with Crippen molar-refractivity contribution in [1.29, 1.82) is 0 Å². The second-order valence-electron chi connectivity index (χ2n) is 9.26. The van der Waals surface area contributed by atoms with Crippen LogP contribution in [0.3, 0.4) is 0 Å². The lowest BCUT2D eigenvalue weighted by atomic mass is 10.1. The molecular weight excluding hydrogens is 432 g/mol. The van der Waals surface area contributed by atoms with Crippen molar-refractivity contribution >= 4 is 11.9 Å². The van der Waals surface area contributed by atoms with E-state index in [9.17, 15) is 9.59 Å². The normalized spacial score (nSPS) is 10.6. The highest BCUT2D eigenvalue weighted by Gasteiger charge is 1.97. The van der Waals surface area contributed by atoms with Crippen molar-refractivity contribution in [1.82, 2.24) is 0 Å². The fourth-order valence-corrected chi connectivity index (χ4v) is 3.70. The Hall–Kier alpha value is -1.14. The molecule has 0 rings (SSSR count). The minimum atomic E-state index is -0.878. The highest BCUT2D eigenvalue weighted by atomic mass is 16.5. The van der Waals surface area contributed by atoms with E-state index >= 15 is 0 Å². The Morgan fingerprint density at radius 2 is 0.676 bits per heavy atom. The van der Waals surface area contributed by atoms with Crippen LogP contribution in [0, 0.1) is 0 Å². The van der Waals surface area contributed by atoms with E-state index in [0.29, 0.717) is 13.2 Å². The van der Waals surface area contributed by atoms with Crippen molar-refractivity contribution in [2.24, 2.45) is 0 Å². The molecule has 0 aromatic rings. The predicted molar refractivity (Wildman–Crippen MR) is 141 cm³/mol. The van der Waals surface area contributed by atoms with Crippen LogP contribution in [0.25, 0.3) is 0 Å². The fraction of sp³-hybridized carbons (Fsp3) is 0.929. The van der Waals surface area contributed by atoms with E-state index in [0.717, 1.165) is 25.7 Å². The molecule has 6 heteroatoms. The standard InChI is InChI=1S/2C14H28O3/c2*1-2-3-4-5-6-7-8-9-10-11-12-17-13-14(15)16/h2*2-13H2,1H3,(H,15,16). The lowest BCUT2D eigenvalue weighted by molar-refractivity contribution is -0.143. The number of hydrogen-bond acceptors (Lipinski definition) is 4. The SMILES string of the molecule is CCCCCCCCCCCCOCC(=O)O.CCCCCCCCCCCCOCC(=O)O. The topological polar surface area (TPSA) is 93.1 Å². The summed E-state index contributed by atoms with van der Waals surface area (Å²) in [6.07, 6.45) is 25.8. The molecule has 204 valence electrons. The van der Waals surface area contributed by atoms with Crippen molar-refractivity contribution in [2.75, 3.05) is 26.4 Å². The molecule has 34 heavy (non-hydrogen) atoms. The molecule has 0 aliphatic heterocycles. The molecule has 2 N–H and O–H groups in total. The van der Waals surface area contributed by atoms with Gasteiger partial charge >= 0.3 is 11.9 Å². The third-order valence-electron chi connectivity index (χ3n) is 5.74. The van der Waals surface area contributed by atoms with Gasteiger partial charge in [0.2, 0.25) is 0 Å². The van der Waals surface area contributed by atoms with E-state index in [1.165, 1.54) is 103 Å². The summed E-state index contributed by atoms with van der Waals surface area (Å²) in [7, 11) is 0. The fourth-order valence-electron chi connectivity index (χ4n) is 3.70. The van der Waals surface area contributed by atoms with Gasteiger partial charge in [-0.25, -0.2) is 9.59 Å². The van der Waals surface area contributed by atoms with Gasteiger partial charge in [-0.2, -0.15) is 0 Å². The Labute approximate surface area is 210 Å². The molecule has 0 saturated carbocycles. The second kappa shape index (κ2) is 31.9. The maximum Gasteiger partial charge on any atom is 0.329 e. The number of carboxylic acids is 2. The zero-order chi connectivity index (χ0) is 25.5. The molecule has 0 radical (unpaired) electrons. The Bertz CT molecular complexity index is 376. The molecule has 6 nitrogen and oxygen atoms in total. The van der Waals surface area contributed by atoms with Crippen LogP contribution in [0.5, 0.6) is 0 Å². The van der Waals surface area contributed by atoms with E-state index in [1.807, 2.05) is 0 Å². The number of unbranched alkanes of at least 4 members (excludes halogenated alkanes) is 18. The van der Waals surface area contributed by atoms with Crippen molar-refractivity contribution in [3.8, 4) is 0 Å². The van der Waals surface area contributed by atoms with E-state index in [4.69, 9.17) is 19.7 Å². The first-order valence-electron chi connectivity index (χ1n) is 14.1. The van der Waals surface area contributed by atoms with Crippen LogP contribution in [0.15, 0.2) is 0 Å². The summed E-state index contributed by atoms with van der Waals surface area (Å²) in [5, 5.41) is 16.7. The van der Waals surface area contributed by atoms with Crippen molar-refractivity contribution in [2.45, 2.75) is 142 Å². The number of hydrogen-bond donors (Lipinski definition) is 2. The molecule has 0 spiro atoms. The Morgan fingerprint density at radius 3 is 0.912 bits per heavy atom. The first-order chi connectivity index (χ1) is 16.5. The number of carboxylic acid groups (broad SMARTS) is 2. The van der Waals surface area contributed by atoms with Gasteiger partial charge in [-0.1, -0.05) is 129 Å². The monoisotopic (exact) mass is 488 g/mol. The Kier molecular flexibility index (Phi) is 32.8. The predicted octanol–water partition coefficient (Wildman–Crippen LogP) is 8.02. The van der Waals surface area contributed by atoms with Crippen LogP contribution in [0.1, 0.15) is 142 Å². The highest BCUT2D eigenvalue weighted by molar-refractivity contribution is 5.68. The molecule has 0 aromatic carbocycles. The van der Waals surface area contributed by atoms with Gasteiger partial charge < -0.3 is 19.7 Å². The van der Waals surface area contributed by atoms with Gasteiger partial charge in [0, 0.05) is 13.2 Å². The lowest BCUT2D eigenvalue weighted by Crippen LogP contribution is -2.07. The maximum atomic E-state index is 10.2. The summed E-state index contributed by atoms with van der Waals surface area (Å²) < 4.78 is 9.94. The van der Waals surface area contributed by atoms with Crippen LogP contribution in [0.4, 0.5) is 0 Å². The van der Waals surface area contributed by atoms with E-state index < -0.39 is 11.9 Å². The first-order valence-corrected chi connectivity index (χ1v) is 14.1. The summed E-state index contributed by atoms with van der Waals surface area (Å²) in [5.74, 6) is -1.76. The number of carbonyl (C=O) groups is 2. The smallest absolute Gasteiger partial charge is 0.329 e. The molecule has 0 fully saturated rings. The van der Waals surface area contributed by atoms with Gasteiger partial charge in [0.25, 0.3) is 0 Å². The van der Waals surface area contributed by atoms with Gasteiger partial charge in [0.15, 0.2) is 0 Å².